The third-order valence-electron chi connectivity index (χ3n) is 3.57. The van der Waals surface area contributed by atoms with Crippen LogP contribution in [0.3, 0.4) is 0 Å². The molecule has 5 N–H and O–H groups in total. The Bertz CT molecular complexity index is 397. The number of nitrogens with two attached hydrogens (primary N) is 1. The molecule has 0 rings (SSSR count). The molecule has 0 aromatic carbocycles. The first-order valence-electron chi connectivity index (χ1n) is 8.31. The molecule has 0 aliphatic rings. The fourth-order valence-electron chi connectivity index (χ4n) is 2.32. The molecule has 2 atom stereocenters. The van der Waals surface area contributed by atoms with Crippen LogP contribution < -0.4 is 21.7 Å². The minimum absolute atomic E-state index is 0.00331. The molecule has 0 aromatic rings. The highest BCUT2D eigenvalue weighted by atomic mass is 16.2. The molecule has 0 bridgehead atoms. The van der Waals surface area contributed by atoms with Gasteiger partial charge in [0.05, 0.1) is 12.1 Å². The minimum atomic E-state index is -0.590. The van der Waals surface area contributed by atoms with Gasteiger partial charge in [-0.1, -0.05) is 34.6 Å². The molecule has 3 amide bonds. The predicted molar refractivity (Wildman–Crippen MR) is 90.9 cm³/mol. The average Bonchev–Trinajstić information content (AvgIpc) is 2.46. The van der Waals surface area contributed by atoms with Crippen LogP contribution in [0.4, 0.5) is 4.79 Å². The van der Waals surface area contributed by atoms with Gasteiger partial charge in [0.15, 0.2) is 5.78 Å². The van der Waals surface area contributed by atoms with Crippen molar-refractivity contribution in [3.8, 4) is 0 Å². The summed E-state index contributed by atoms with van der Waals surface area (Å²) >= 11 is 0. The van der Waals surface area contributed by atoms with Gasteiger partial charge in [-0.25, -0.2) is 4.79 Å². The van der Waals surface area contributed by atoms with Crippen molar-refractivity contribution < 1.29 is 14.4 Å². The maximum Gasteiger partial charge on any atom is 0.312 e. The van der Waals surface area contributed by atoms with Gasteiger partial charge >= 0.3 is 6.03 Å². The number of likely N-dealkylation sites (N-methyl/N-ethyl adjacent to an activating group) is 1. The van der Waals surface area contributed by atoms with Crippen LogP contribution in [0.15, 0.2) is 0 Å². The topological polar surface area (TPSA) is 113 Å². The van der Waals surface area contributed by atoms with Crippen molar-refractivity contribution in [3.63, 3.8) is 0 Å². The Hall–Kier alpha value is -1.63. The lowest BCUT2D eigenvalue weighted by molar-refractivity contribution is -0.131. The Morgan fingerprint density at radius 1 is 1.09 bits per heavy atom. The summed E-state index contributed by atoms with van der Waals surface area (Å²) in [6.45, 7) is 10.6. The van der Waals surface area contributed by atoms with E-state index < -0.39 is 12.1 Å². The van der Waals surface area contributed by atoms with Crippen molar-refractivity contribution in [1.29, 1.82) is 0 Å². The maximum absolute atomic E-state index is 12.4. The second-order valence-electron chi connectivity index (χ2n) is 6.33. The van der Waals surface area contributed by atoms with Crippen molar-refractivity contribution in [2.75, 3.05) is 13.1 Å². The van der Waals surface area contributed by atoms with Gasteiger partial charge in [-0.2, -0.15) is 0 Å². The van der Waals surface area contributed by atoms with Crippen LogP contribution in [-0.2, 0) is 9.59 Å². The van der Waals surface area contributed by atoms with Crippen LogP contribution >= 0.6 is 0 Å². The van der Waals surface area contributed by atoms with Crippen molar-refractivity contribution in [1.82, 2.24) is 16.0 Å². The quantitative estimate of drug-likeness (QED) is 0.420. The van der Waals surface area contributed by atoms with Gasteiger partial charge in [0.2, 0.25) is 5.91 Å². The number of nitrogens with one attached hydrogen (secondary N) is 3. The van der Waals surface area contributed by atoms with E-state index in [0.29, 0.717) is 25.9 Å². The first-order valence-corrected chi connectivity index (χ1v) is 8.31. The largest absolute Gasteiger partial charge is 0.352 e. The first-order chi connectivity index (χ1) is 10.7. The zero-order valence-electron chi connectivity index (χ0n) is 14.9. The normalized spacial score (nSPS) is 13.7. The molecule has 0 spiro atoms. The third kappa shape index (κ3) is 8.54. The van der Waals surface area contributed by atoms with E-state index in [4.69, 9.17) is 5.73 Å². The van der Waals surface area contributed by atoms with Crippen molar-refractivity contribution in [3.05, 3.63) is 0 Å². The number of primary amides is 1. The van der Waals surface area contributed by atoms with Crippen LogP contribution in [0.25, 0.3) is 0 Å². The van der Waals surface area contributed by atoms with Crippen molar-refractivity contribution >= 4 is 17.7 Å². The molecule has 134 valence electrons. The van der Waals surface area contributed by atoms with Gasteiger partial charge in [-0.15, -0.1) is 0 Å². The molecule has 7 nitrogen and oxygen atoms in total. The molecule has 0 saturated heterocycles. The monoisotopic (exact) mass is 328 g/mol. The summed E-state index contributed by atoms with van der Waals surface area (Å²) in [6, 6.07) is -1.46. The van der Waals surface area contributed by atoms with E-state index >= 15 is 0 Å². The highest BCUT2D eigenvalue weighted by Crippen LogP contribution is 2.08. The molecule has 0 aliphatic heterocycles. The number of carbonyl (C=O) groups excluding carboxylic acids is 3. The molecule has 0 aliphatic carbocycles. The maximum atomic E-state index is 12.4. The van der Waals surface area contributed by atoms with Crippen LogP contribution in [0.2, 0.25) is 0 Å². The molecule has 0 aromatic heterocycles. The number of hydrogen-bond donors (Lipinski definition) is 4. The van der Waals surface area contributed by atoms with E-state index in [1.165, 1.54) is 0 Å². The van der Waals surface area contributed by atoms with Gasteiger partial charge in [0.25, 0.3) is 0 Å². The Morgan fingerprint density at radius 3 is 2.13 bits per heavy atom. The third-order valence-corrected chi connectivity index (χ3v) is 3.57. The average molecular weight is 328 g/mol. The fourth-order valence-corrected chi connectivity index (χ4v) is 2.32. The van der Waals surface area contributed by atoms with E-state index in [9.17, 15) is 14.4 Å². The molecule has 0 saturated carbocycles. The fraction of sp³-hybridized carbons (Fsp3) is 0.812. The molecule has 7 heteroatoms. The number of rotatable bonds is 11. The Balaban J connectivity index is 4.76. The highest BCUT2D eigenvalue weighted by Gasteiger charge is 2.27. The first kappa shape index (κ1) is 21.4. The summed E-state index contributed by atoms with van der Waals surface area (Å²) < 4.78 is 0. The lowest BCUT2D eigenvalue weighted by Gasteiger charge is -2.25. The van der Waals surface area contributed by atoms with Gasteiger partial charge in [-0.3, -0.25) is 9.59 Å². The smallest absolute Gasteiger partial charge is 0.312 e. The number of amides is 3. The van der Waals surface area contributed by atoms with E-state index in [-0.39, 0.29) is 29.6 Å². The summed E-state index contributed by atoms with van der Waals surface area (Å²) in [5.74, 6) is -0.206. The summed E-state index contributed by atoms with van der Waals surface area (Å²) in [5, 5.41) is 8.48. The summed E-state index contributed by atoms with van der Waals surface area (Å²) in [7, 11) is 0. The zero-order valence-corrected chi connectivity index (χ0v) is 14.9. The summed E-state index contributed by atoms with van der Waals surface area (Å²) in [6.07, 6.45) is 1.04. The molecule has 2 unspecified atom stereocenters. The number of Topliss-reactive ketones (excluding diaryl/α,β-unsaturated/α-hetero) is 1. The lowest BCUT2D eigenvalue weighted by Crippen LogP contribution is -2.53. The summed E-state index contributed by atoms with van der Waals surface area (Å²) in [5.41, 5.74) is 5.01. The van der Waals surface area contributed by atoms with Crippen molar-refractivity contribution in [2.45, 2.75) is 59.5 Å². The van der Waals surface area contributed by atoms with E-state index in [0.717, 1.165) is 0 Å². The second-order valence-corrected chi connectivity index (χ2v) is 6.33. The highest BCUT2D eigenvalue weighted by molar-refractivity contribution is 5.91. The standard InChI is InChI=1S/C16H32N4O3/c1-6-18-13(10(2)3)15(22)20-12(14(21)11(4)5)8-7-9-19-16(17)23/h10-13,18H,6-9H2,1-5H3,(H,20,22)(H3,17,19,23). The molecular weight excluding hydrogens is 296 g/mol. The number of hydrogen-bond acceptors (Lipinski definition) is 4. The molecule has 0 radical (unpaired) electrons. The minimum Gasteiger partial charge on any atom is -0.352 e. The van der Waals surface area contributed by atoms with E-state index in [1.54, 1.807) is 0 Å². The summed E-state index contributed by atoms with van der Waals surface area (Å²) in [4.78, 5) is 35.4. The molecular formula is C16H32N4O3. The lowest BCUT2D eigenvalue weighted by atomic mass is 9.96. The second kappa shape index (κ2) is 11.0. The van der Waals surface area contributed by atoms with E-state index in [1.807, 2.05) is 34.6 Å². The molecule has 0 heterocycles. The Morgan fingerprint density at radius 2 is 1.70 bits per heavy atom. The van der Waals surface area contributed by atoms with Crippen LogP contribution in [0.1, 0.15) is 47.5 Å². The molecule has 23 heavy (non-hydrogen) atoms. The van der Waals surface area contributed by atoms with Gasteiger partial charge < -0.3 is 21.7 Å². The Kier molecular flexibility index (Phi) is 10.2. The van der Waals surface area contributed by atoms with Crippen molar-refractivity contribution in [2.24, 2.45) is 17.6 Å². The SMILES string of the molecule is CCNC(C(=O)NC(CCCNC(N)=O)C(=O)C(C)C)C(C)C. The van der Waals surface area contributed by atoms with Gasteiger partial charge in [0.1, 0.15) is 0 Å². The van der Waals surface area contributed by atoms with Crippen LogP contribution in [-0.4, -0.2) is 42.9 Å². The van der Waals surface area contributed by atoms with Gasteiger partial charge in [-0.05, 0) is 25.3 Å². The van der Waals surface area contributed by atoms with Crippen LogP contribution in [0.5, 0.6) is 0 Å². The Labute approximate surface area is 139 Å². The van der Waals surface area contributed by atoms with E-state index in [2.05, 4.69) is 16.0 Å². The van der Waals surface area contributed by atoms with Gasteiger partial charge in [0, 0.05) is 12.5 Å². The number of ketones is 1. The van der Waals surface area contributed by atoms with Crippen LogP contribution in [0, 0.1) is 11.8 Å². The zero-order chi connectivity index (χ0) is 18.0. The number of carbonyl (C=O) groups is 3. The molecule has 0 fully saturated rings. The number of urea groups is 1. The predicted octanol–water partition coefficient (Wildman–Crippen LogP) is 0.779.